The smallest absolute Gasteiger partial charge is 0.150 e. The number of carbonyl (C=O) groups excluding carboxylic acids is 1. The van der Waals surface area contributed by atoms with Crippen molar-refractivity contribution in [2.45, 2.75) is 20.8 Å². The summed E-state index contributed by atoms with van der Waals surface area (Å²) in [4.78, 5) is 11.4. The van der Waals surface area contributed by atoms with Gasteiger partial charge in [0.25, 0.3) is 0 Å². The van der Waals surface area contributed by atoms with Gasteiger partial charge in [0, 0.05) is 29.1 Å². The fourth-order valence-electron chi connectivity index (χ4n) is 0.611. The van der Waals surface area contributed by atoms with Crippen LogP contribution in [0.5, 0.6) is 0 Å². The van der Waals surface area contributed by atoms with Gasteiger partial charge < -0.3 is 4.74 Å². The van der Waals surface area contributed by atoms with Crippen molar-refractivity contribution in [1.82, 2.24) is 0 Å². The molecule has 78 valence electrons. The standard InChI is InChI=1S/C9H18O3S/c1-9(2,3)8(10)7-13(11)6-5-12-4/h5-7H2,1-4H3. The van der Waals surface area contributed by atoms with E-state index in [1.807, 2.05) is 20.8 Å². The summed E-state index contributed by atoms with van der Waals surface area (Å²) in [6.07, 6.45) is 0. The minimum Gasteiger partial charge on any atom is -0.384 e. The average molecular weight is 206 g/mol. The fraction of sp³-hybridized carbons (Fsp3) is 0.889. The molecule has 3 nitrogen and oxygen atoms in total. The zero-order chi connectivity index (χ0) is 10.5. The van der Waals surface area contributed by atoms with Crippen LogP contribution >= 0.6 is 0 Å². The predicted octanol–water partition coefficient (Wildman–Crippen LogP) is 0.997. The van der Waals surface area contributed by atoms with Gasteiger partial charge in [0.05, 0.1) is 12.4 Å². The van der Waals surface area contributed by atoms with Gasteiger partial charge in [0.15, 0.2) is 5.78 Å². The molecule has 0 aromatic heterocycles. The van der Waals surface area contributed by atoms with Crippen molar-refractivity contribution in [3.63, 3.8) is 0 Å². The molecule has 0 heterocycles. The van der Waals surface area contributed by atoms with Crippen molar-refractivity contribution < 1.29 is 13.7 Å². The van der Waals surface area contributed by atoms with Crippen LogP contribution in [0.3, 0.4) is 0 Å². The minimum atomic E-state index is -1.07. The highest BCUT2D eigenvalue weighted by Crippen LogP contribution is 2.14. The first-order valence-electron chi connectivity index (χ1n) is 4.25. The number of hydrogen-bond donors (Lipinski definition) is 0. The highest BCUT2D eigenvalue weighted by molar-refractivity contribution is 7.85. The minimum absolute atomic E-state index is 0.0435. The van der Waals surface area contributed by atoms with E-state index in [2.05, 4.69) is 0 Å². The molecule has 0 fully saturated rings. The predicted molar refractivity (Wildman–Crippen MR) is 54.2 cm³/mol. The third-order valence-electron chi connectivity index (χ3n) is 1.64. The molecule has 0 bridgehead atoms. The Morgan fingerprint density at radius 2 is 1.92 bits per heavy atom. The normalized spacial score (nSPS) is 14.2. The summed E-state index contributed by atoms with van der Waals surface area (Å²) < 4.78 is 16.0. The van der Waals surface area contributed by atoms with Crippen LogP contribution in [0.2, 0.25) is 0 Å². The molecule has 0 spiro atoms. The molecular formula is C9H18O3S. The molecule has 0 aromatic carbocycles. The molecule has 0 radical (unpaired) electrons. The molecule has 0 saturated carbocycles. The third kappa shape index (κ3) is 5.93. The van der Waals surface area contributed by atoms with Gasteiger partial charge in [-0.3, -0.25) is 9.00 Å². The quantitative estimate of drug-likeness (QED) is 0.674. The first-order chi connectivity index (χ1) is 5.88. The van der Waals surface area contributed by atoms with Crippen molar-refractivity contribution in [3.05, 3.63) is 0 Å². The maximum atomic E-state index is 11.4. The number of methoxy groups -OCH3 is 1. The molecule has 1 atom stereocenters. The van der Waals surface area contributed by atoms with Gasteiger partial charge in [-0.05, 0) is 0 Å². The molecule has 0 aliphatic heterocycles. The maximum absolute atomic E-state index is 11.4. The number of rotatable bonds is 5. The van der Waals surface area contributed by atoms with Crippen molar-refractivity contribution in [3.8, 4) is 0 Å². The maximum Gasteiger partial charge on any atom is 0.150 e. The number of ketones is 1. The fourth-order valence-corrected chi connectivity index (χ4v) is 1.83. The van der Waals surface area contributed by atoms with Crippen molar-refractivity contribution in [2.24, 2.45) is 5.41 Å². The molecule has 0 amide bonds. The Kier molecular flexibility index (Phi) is 5.40. The van der Waals surface area contributed by atoms with Gasteiger partial charge in [0.2, 0.25) is 0 Å². The third-order valence-corrected chi connectivity index (χ3v) is 2.85. The van der Waals surface area contributed by atoms with Crippen LogP contribution in [-0.4, -0.2) is 35.2 Å². The van der Waals surface area contributed by atoms with Crippen LogP contribution < -0.4 is 0 Å². The molecule has 0 rings (SSSR count). The van der Waals surface area contributed by atoms with E-state index >= 15 is 0 Å². The monoisotopic (exact) mass is 206 g/mol. The van der Waals surface area contributed by atoms with E-state index < -0.39 is 10.8 Å². The summed E-state index contributed by atoms with van der Waals surface area (Å²) in [6, 6.07) is 0. The average Bonchev–Trinajstić information content (AvgIpc) is 1.99. The molecule has 1 unspecified atom stereocenters. The van der Waals surface area contributed by atoms with Crippen molar-refractivity contribution in [1.29, 1.82) is 0 Å². The van der Waals surface area contributed by atoms with Crippen LogP contribution in [0.15, 0.2) is 0 Å². The summed E-state index contributed by atoms with van der Waals surface area (Å²) in [5.74, 6) is 0.632. The first-order valence-corrected chi connectivity index (χ1v) is 5.74. The lowest BCUT2D eigenvalue weighted by Gasteiger charge is -2.15. The SMILES string of the molecule is COCCS(=O)CC(=O)C(C)(C)C. The lowest BCUT2D eigenvalue weighted by Crippen LogP contribution is -2.27. The molecule has 4 heteroatoms. The molecule has 0 aromatic rings. The summed E-state index contributed by atoms with van der Waals surface area (Å²) in [5.41, 5.74) is -0.386. The Balaban J connectivity index is 3.86. The summed E-state index contributed by atoms with van der Waals surface area (Å²) in [6.45, 7) is 5.96. The first kappa shape index (κ1) is 12.8. The summed E-state index contributed by atoms with van der Waals surface area (Å²) in [7, 11) is 0.487. The van der Waals surface area contributed by atoms with E-state index in [4.69, 9.17) is 4.74 Å². The number of Topliss-reactive ketones (excluding diaryl/α,β-unsaturated/α-hetero) is 1. The van der Waals surface area contributed by atoms with Gasteiger partial charge in [-0.15, -0.1) is 0 Å². The molecule has 0 N–H and O–H groups in total. The number of carbonyl (C=O) groups is 1. The topological polar surface area (TPSA) is 43.4 Å². The van der Waals surface area contributed by atoms with E-state index in [0.717, 1.165) is 0 Å². The van der Waals surface area contributed by atoms with E-state index in [1.165, 1.54) is 0 Å². The number of hydrogen-bond acceptors (Lipinski definition) is 3. The Morgan fingerprint density at radius 3 is 2.31 bits per heavy atom. The molecule has 0 saturated heterocycles. The Bertz CT molecular complexity index is 194. The Labute approximate surface area is 82.3 Å². The molecule has 0 aliphatic carbocycles. The van der Waals surface area contributed by atoms with Gasteiger partial charge in [-0.25, -0.2) is 0 Å². The van der Waals surface area contributed by atoms with Gasteiger partial charge >= 0.3 is 0 Å². The highest BCUT2D eigenvalue weighted by atomic mass is 32.2. The summed E-state index contributed by atoms with van der Waals surface area (Å²) >= 11 is 0. The zero-order valence-corrected chi connectivity index (χ0v) is 9.57. The summed E-state index contributed by atoms with van der Waals surface area (Å²) in [5, 5.41) is 0. The van der Waals surface area contributed by atoms with E-state index in [0.29, 0.717) is 12.4 Å². The second-order valence-electron chi connectivity index (χ2n) is 3.95. The molecular weight excluding hydrogens is 188 g/mol. The van der Waals surface area contributed by atoms with Crippen LogP contribution in [0.25, 0.3) is 0 Å². The van der Waals surface area contributed by atoms with Crippen molar-refractivity contribution >= 4 is 16.6 Å². The second-order valence-corrected chi connectivity index (χ2v) is 5.53. The van der Waals surface area contributed by atoms with Crippen LogP contribution in [0.1, 0.15) is 20.8 Å². The Morgan fingerprint density at radius 1 is 1.38 bits per heavy atom. The van der Waals surface area contributed by atoms with Gasteiger partial charge in [0.1, 0.15) is 0 Å². The molecule has 0 aliphatic rings. The largest absolute Gasteiger partial charge is 0.384 e. The van der Waals surface area contributed by atoms with Crippen molar-refractivity contribution in [2.75, 3.05) is 25.2 Å². The van der Waals surface area contributed by atoms with E-state index in [9.17, 15) is 9.00 Å². The lowest BCUT2D eigenvalue weighted by atomic mass is 9.92. The zero-order valence-electron chi connectivity index (χ0n) is 8.75. The van der Waals surface area contributed by atoms with Crippen LogP contribution in [-0.2, 0) is 20.3 Å². The van der Waals surface area contributed by atoms with Crippen LogP contribution in [0.4, 0.5) is 0 Å². The second kappa shape index (κ2) is 5.50. The van der Waals surface area contributed by atoms with E-state index in [-0.39, 0.29) is 17.0 Å². The van der Waals surface area contributed by atoms with Crippen LogP contribution in [0, 0.1) is 5.41 Å². The highest BCUT2D eigenvalue weighted by Gasteiger charge is 2.22. The Hall–Kier alpha value is -0.220. The lowest BCUT2D eigenvalue weighted by molar-refractivity contribution is -0.123. The molecule has 13 heavy (non-hydrogen) atoms. The van der Waals surface area contributed by atoms with Gasteiger partial charge in [-0.2, -0.15) is 0 Å². The van der Waals surface area contributed by atoms with E-state index in [1.54, 1.807) is 7.11 Å². The van der Waals surface area contributed by atoms with Gasteiger partial charge in [-0.1, -0.05) is 20.8 Å². The number of ether oxygens (including phenoxy) is 1.